The standard InChI is InChI=1S/C5H8O2/c1-4(6-2)5-3-7-5/h5H,1,3H2,2H3. The highest BCUT2D eigenvalue weighted by Gasteiger charge is 2.26. The Balaban J connectivity index is 2.24. The third-order valence-corrected chi connectivity index (χ3v) is 0.955. The number of hydrogen-bond acceptors (Lipinski definition) is 2. The Kier molecular flexibility index (Phi) is 1.02. The fourth-order valence-electron chi connectivity index (χ4n) is 0.365. The van der Waals surface area contributed by atoms with Crippen LogP contribution in [0.25, 0.3) is 0 Å². The Morgan fingerprint density at radius 2 is 2.57 bits per heavy atom. The van der Waals surface area contributed by atoms with Gasteiger partial charge in [-0.15, -0.1) is 0 Å². The molecule has 1 saturated heterocycles. The van der Waals surface area contributed by atoms with Crippen LogP contribution in [0.4, 0.5) is 0 Å². The first-order valence-corrected chi connectivity index (χ1v) is 2.19. The van der Waals surface area contributed by atoms with Crippen LogP contribution in [-0.4, -0.2) is 19.8 Å². The lowest BCUT2D eigenvalue weighted by atomic mass is 10.4. The van der Waals surface area contributed by atoms with E-state index in [1.54, 1.807) is 7.11 Å². The number of epoxide rings is 1. The van der Waals surface area contributed by atoms with Crippen molar-refractivity contribution in [2.75, 3.05) is 13.7 Å². The predicted molar refractivity (Wildman–Crippen MR) is 25.9 cm³/mol. The highest BCUT2D eigenvalue weighted by molar-refractivity contribution is 4.98. The van der Waals surface area contributed by atoms with E-state index in [9.17, 15) is 0 Å². The number of rotatable bonds is 2. The second kappa shape index (κ2) is 1.54. The van der Waals surface area contributed by atoms with Gasteiger partial charge in [-0.05, 0) is 0 Å². The van der Waals surface area contributed by atoms with Gasteiger partial charge in [-0.1, -0.05) is 6.58 Å². The summed E-state index contributed by atoms with van der Waals surface area (Å²) in [5, 5.41) is 0. The summed E-state index contributed by atoms with van der Waals surface area (Å²) in [4.78, 5) is 0. The average molecular weight is 100 g/mol. The molecule has 0 radical (unpaired) electrons. The van der Waals surface area contributed by atoms with Gasteiger partial charge in [0.1, 0.15) is 11.9 Å². The van der Waals surface area contributed by atoms with Gasteiger partial charge in [0.2, 0.25) is 0 Å². The number of ether oxygens (including phenoxy) is 2. The zero-order valence-corrected chi connectivity index (χ0v) is 4.31. The van der Waals surface area contributed by atoms with Crippen molar-refractivity contribution < 1.29 is 9.47 Å². The van der Waals surface area contributed by atoms with Crippen molar-refractivity contribution in [3.63, 3.8) is 0 Å². The molecule has 0 N–H and O–H groups in total. The van der Waals surface area contributed by atoms with Crippen LogP contribution >= 0.6 is 0 Å². The van der Waals surface area contributed by atoms with Crippen molar-refractivity contribution in [2.24, 2.45) is 0 Å². The molecule has 0 amide bonds. The first kappa shape index (κ1) is 4.65. The van der Waals surface area contributed by atoms with E-state index in [4.69, 9.17) is 9.47 Å². The summed E-state index contributed by atoms with van der Waals surface area (Å²) >= 11 is 0. The predicted octanol–water partition coefficient (Wildman–Crippen LogP) is 0.545. The van der Waals surface area contributed by atoms with Crippen molar-refractivity contribution >= 4 is 0 Å². The van der Waals surface area contributed by atoms with Gasteiger partial charge in [0, 0.05) is 0 Å². The Hall–Kier alpha value is -0.500. The number of methoxy groups -OCH3 is 1. The summed E-state index contributed by atoms with van der Waals surface area (Å²) in [6, 6.07) is 0. The molecule has 0 spiro atoms. The van der Waals surface area contributed by atoms with Crippen LogP contribution in [0.15, 0.2) is 12.3 Å². The van der Waals surface area contributed by atoms with Gasteiger partial charge in [-0.3, -0.25) is 0 Å². The molecule has 1 rings (SSSR count). The second-order valence-electron chi connectivity index (χ2n) is 1.49. The van der Waals surface area contributed by atoms with Crippen molar-refractivity contribution in [1.29, 1.82) is 0 Å². The SMILES string of the molecule is C=C(OC)C1CO1. The van der Waals surface area contributed by atoms with Crippen molar-refractivity contribution in [3.8, 4) is 0 Å². The van der Waals surface area contributed by atoms with Crippen molar-refractivity contribution in [3.05, 3.63) is 12.3 Å². The monoisotopic (exact) mass is 100 g/mol. The third kappa shape index (κ3) is 0.933. The third-order valence-electron chi connectivity index (χ3n) is 0.955. The highest BCUT2D eigenvalue weighted by Crippen LogP contribution is 2.17. The van der Waals surface area contributed by atoms with Gasteiger partial charge in [0.05, 0.1) is 13.7 Å². The molecular formula is C5H8O2. The van der Waals surface area contributed by atoms with Crippen LogP contribution in [0.1, 0.15) is 0 Å². The molecule has 1 heterocycles. The van der Waals surface area contributed by atoms with E-state index in [-0.39, 0.29) is 6.10 Å². The van der Waals surface area contributed by atoms with E-state index >= 15 is 0 Å². The van der Waals surface area contributed by atoms with Crippen LogP contribution in [0, 0.1) is 0 Å². The minimum atomic E-state index is 0.199. The maximum Gasteiger partial charge on any atom is 0.137 e. The van der Waals surface area contributed by atoms with E-state index in [1.807, 2.05) is 0 Å². The number of hydrogen-bond donors (Lipinski definition) is 0. The van der Waals surface area contributed by atoms with Crippen LogP contribution < -0.4 is 0 Å². The molecule has 1 fully saturated rings. The lowest BCUT2D eigenvalue weighted by molar-refractivity contribution is 0.252. The molecular weight excluding hydrogens is 92.1 g/mol. The Bertz CT molecular complexity index is 84.1. The summed E-state index contributed by atoms with van der Waals surface area (Å²) in [7, 11) is 1.60. The van der Waals surface area contributed by atoms with E-state index in [0.717, 1.165) is 12.4 Å². The smallest absolute Gasteiger partial charge is 0.137 e. The molecule has 1 aliphatic rings. The van der Waals surface area contributed by atoms with Gasteiger partial charge < -0.3 is 9.47 Å². The fourth-order valence-corrected chi connectivity index (χ4v) is 0.365. The molecule has 0 aliphatic carbocycles. The molecule has 2 nitrogen and oxygen atoms in total. The molecule has 1 aliphatic heterocycles. The normalized spacial score (nSPS) is 26.7. The van der Waals surface area contributed by atoms with Crippen LogP contribution in [-0.2, 0) is 9.47 Å². The van der Waals surface area contributed by atoms with Crippen LogP contribution in [0.5, 0.6) is 0 Å². The minimum Gasteiger partial charge on any atom is -0.499 e. The van der Waals surface area contributed by atoms with Gasteiger partial charge in [-0.25, -0.2) is 0 Å². The lowest BCUT2D eigenvalue weighted by Crippen LogP contribution is -1.91. The molecule has 7 heavy (non-hydrogen) atoms. The molecule has 1 unspecified atom stereocenters. The zero-order chi connectivity index (χ0) is 5.28. The van der Waals surface area contributed by atoms with Gasteiger partial charge in [0.25, 0.3) is 0 Å². The van der Waals surface area contributed by atoms with Crippen LogP contribution in [0.2, 0.25) is 0 Å². The first-order valence-electron chi connectivity index (χ1n) is 2.19. The molecule has 1 atom stereocenters. The van der Waals surface area contributed by atoms with E-state index in [1.165, 1.54) is 0 Å². The maximum absolute atomic E-state index is 4.84. The highest BCUT2D eigenvalue weighted by atomic mass is 16.6. The molecule has 2 heteroatoms. The maximum atomic E-state index is 4.84. The summed E-state index contributed by atoms with van der Waals surface area (Å²) in [6.45, 7) is 4.37. The zero-order valence-electron chi connectivity index (χ0n) is 4.31. The lowest BCUT2D eigenvalue weighted by Gasteiger charge is -1.94. The van der Waals surface area contributed by atoms with Gasteiger partial charge in [-0.2, -0.15) is 0 Å². The van der Waals surface area contributed by atoms with E-state index in [2.05, 4.69) is 6.58 Å². The summed E-state index contributed by atoms with van der Waals surface area (Å²) in [5.74, 6) is 0.736. The first-order chi connectivity index (χ1) is 3.34. The van der Waals surface area contributed by atoms with Crippen molar-refractivity contribution in [2.45, 2.75) is 6.10 Å². The van der Waals surface area contributed by atoms with Crippen LogP contribution in [0.3, 0.4) is 0 Å². The van der Waals surface area contributed by atoms with E-state index < -0.39 is 0 Å². The molecule has 0 aromatic rings. The summed E-state index contributed by atoms with van der Waals surface area (Å²) in [5.41, 5.74) is 0. The topological polar surface area (TPSA) is 21.8 Å². The Morgan fingerprint density at radius 1 is 2.00 bits per heavy atom. The average Bonchev–Trinajstić information content (AvgIpc) is 2.44. The minimum absolute atomic E-state index is 0.199. The largest absolute Gasteiger partial charge is 0.499 e. The second-order valence-corrected chi connectivity index (χ2v) is 1.49. The van der Waals surface area contributed by atoms with Gasteiger partial charge in [0.15, 0.2) is 0 Å². The molecule has 0 aromatic heterocycles. The van der Waals surface area contributed by atoms with Gasteiger partial charge >= 0.3 is 0 Å². The Morgan fingerprint density at radius 3 is 2.71 bits per heavy atom. The molecule has 0 bridgehead atoms. The fraction of sp³-hybridized carbons (Fsp3) is 0.600. The Labute approximate surface area is 42.7 Å². The quantitative estimate of drug-likeness (QED) is 0.373. The summed E-state index contributed by atoms with van der Waals surface area (Å²) < 4.78 is 9.59. The molecule has 0 saturated carbocycles. The van der Waals surface area contributed by atoms with Crippen molar-refractivity contribution in [1.82, 2.24) is 0 Å². The molecule has 0 aromatic carbocycles. The molecule has 40 valence electrons. The summed E-state index contributed by atoms with van der Waals surface area (Å²) in [6.07, 6.45) is 0.199. The van der Waals surface area contributed by atoms with E-state index in [0.29, 0.717) is 0 Å².